The van der Waals surface area contributed by atoms with Gasteiger partial charge in [0, 0.05) is 11.4 Å². The van der Waals surface area contributed by atoms with Gasteiger partial charge >= 0.3 is 0 Å². The van der Waals surface area contributed by atoms with Crippen LogP contribution < -0.4 is 5.32 Å². The Labute approximate surface area is 155 Å². The number of carbonyl (C=O) groups is 1. The van der Waals surface area contributed by atoms with Crippen molar-refractivity contribution in [2.45, 2.75) is 25.2 Å². The Morgan fingerprint density at radius 3 is 2.72 bits per heavy atom. The number of rotatable bonds is 7. The second kappa shape index (κ2) is 8.36. The van der Waals surface area contributed by atoms with Crippen molar-refractivity contribution in [2.75, 3.05) is 12.3 Å². The van der Waals surface area contributed by atoms with E-state index in [4.69, 9.17) is 4.42 Å². The highest BCUT2D eigenvalue weighted by Gasteiger charge is 2.17. The van der Waals surface area contributed by atoms with Crippen molar-refractivity contribution in [2.24, 2.45) is 0 Å². The summed E-state index contributed by atoms with van der Waals surface area (Å²) in [5, 5.41) is 3.73. The molecule has 3 aromatic rings. The Morgan fingerprint density at radius 2 is 2.00 bits per heavy atom. The minimum Gasteiger partial charge on any atom is -0.459 e. The van der Waals surface area contributed by atoms with Gasteiger partial charge in [-0.3, -0.25) is 4.79 Å². The van der Waals surface area contributed by atoms with Gasteiger partial charge in [0.05, 0.1) is 5.69 Å². The quantitative estimate of drug-likeness (QED) is 0.472. The largest absolute Gasteiger partial charge is 0.459 e. The summed E-state index contributed by atoms with van der Waals surface area (Å²) in [7, 11) is 0. The molecule has 0 unspecified atom stereocenters. The maximum atomic E-state index is 12.4. The maximum Gasteiger partial charge on any atom is 0.263 e. The molecule has 2 aromatic heterocycles. The molecule has 2 heterocycles. The second-order valence-corrected chi connectivity index (χ2v) is 7.78. The van der Waals surface area contributed by atoms with Crippen molar-refractivity contribution in [3.05, 3.63) is 58.8 Å². The Balaban J connectivity index is 1.49. The molecule has 130 valence electrons. The zero-order valence-corrected chi connectivity index (χ0v) is 15.9. The van der Waals surface area contributed by atoms with Crippen molar-refractivity contribution in [1.82, 2.24) is 10.3 Å². The highest BCUT2D eigenvalue weighted by molar-refractivity contribution is 7.99. The molecule has 0 atom stereocenters. The number of aromatic nitrogens is 1. The summed E-state index contributed by atoms with van der Waals surface area (Å²) < 4.78 is 5.59. The third-order valence-electron chi connectivity index (χ3n) is 3.57. The average Bonchev–Trinajstić information content (AvgIpc) is 3.21. The summed E-state index contributed by atoms with van der Waals surface area (Å²) in [4.78, 5) is 18.7. The fraction of sp³-hybridized carbons (Fsp3) is 0.263. The van der Waals surface area contributed by atoms with Gasteiger partial charge in [-0.1, -0.05) is 18.2 Å². The molecular formula is C19H20N2O2S2. The van der Waals surface area contributed by atoms with Crippen LogP contribution in [-0.2, 0) is 0 Å². The van der Waals surface area contributed by atoms with Gasteiger partial charge in [-0.25, -0.2) is 4.98 Å². The number of carbonyl (C=O) groups excluding carboxylic acids is 1. The van der Waals surface area contributed by atoms with Crippen LogP contribution in [0.3, 0.4) is 0 Å². The number of hydrogen-bond acceptors (Lipinski definition) is 5. The van der Waals surface area contributed by atoms with Crippen LogP contribution in [0.15, 0.2) is 51.8 Å². The molecule has 25 heavy (non-hydrogen) atoms. The molecule has 0 fully saturated rings. The van der Waals surface area contributed by atoms with Gasteiger partial charge in [0.25, 0.3) is 5.91 Å². The van der Waals surface area contributed by atoms with Crippen molar-refractivity contribution in [1.29, 1.82) is 0 Å². The smallest absolute Gasteiger partial charge is 0.263 e. The molecule has 4 nitrogen and oxygen atoms in total. The van der Waals surface area contributed by atoms with Gasteiger partial charge in [0.2, 0.25) is 0 Å². The van der Waals surface area contributed by atoms with E-state index in [0.29, 0.717) is 17.2 Å². The third-order valence-corrected chi connectivity index (χ3v) is 5.84. The van der Waals surface area contributed by atoms with E-state index in [2.05, 4.69) is 22.4 Å². The highest BCUT2D eigenvalue weighted by Crippen LogP contribution is 2.29. The second-order valence-electron chi connectivity index (χ2n) is 5.61. The molecule has 0 bridgehead atoms. The fourth-order valence-corrected chi connectivity index (χ4v) is 4.14. The molecule has 1 amide bonds. The van der Waals surface area contributed by atoms with Gasteiger partial charge in [0.1, 0.15) is 10.6 Å². The molecule has 6 heteroatoms. The number of thiazole rings is 1. The van der Waals surface area contributed by atoms with E-state index in [-0.39, 0.29) is 5.91 Å². The predicted octanol–water partition coefficient (Wildman–Crippen LogP) is 4.93. The minimum absolute atomic E-state index is 0.0609. The van der Waals surface area contributed by atoms with E-state index >= 15 is 0 Å². The lowest BCUT2D eigenvalue weighted by Gasteiger charge is -2.04. The number of nitrogens with zero attached hydrogens (tertiary/aromatic N) is 1. The van der Waals surface area contributed by atoms with E-state index in [1.165, 1.54) is 16.2 Å². The number of furan rings is 1. The molecule has 0 saturated carbocycles. The average molecular weight is 373 g/mol. The predicted molar refractivity (Wildman–Crippen MR) is 103 cm³/mol. The van der Waals surface area contributed by atoms with Crippen molar-refractivity contribution >= 4 is 29.0 Å². The standard InChI is InChI=1S/C19H20N2O2S2/c1-13-9-10-16(23-13)19-21-14(2)17(25-19)18(22)20-11-6-12-24-15-7-4-3-5-8-15/h3-5,7-10H,6,11-12H2,1-2H3,(H,20,22). The summed E-state index contributed by atoms with van der Waals surface area (Å²) in [6.45, 7) is 4.41. The zero-order valence-electron chi connectivity index (χ0n) is 14.2. The fourth-order valence-electron chi connectivity index (χ4n) is 2.32. The number of hydrogen-bond donors (Lipinski definition) is 1. The van der Waals surface area contributed by atoms with Crippen LogP contribution in [0.5, 0.6) is 0 Å². The van der Waals surface area contributed by atoms with Crippen LogP contribution >= 0.6 is 23.1 Å². The maximum absolute atomic E-state index is 12.4. The Hall–Kier alpha value is -2.05. The van der Waals surface area contributed by atoms with Gasteiger partial charge in [-0.2, -0.15) is 0 Å². The van der Waals surface area contributed by atoms with Crippen molar-refractivity contribution in [3.63, 3.8) is 0 Å². The van der Waals surface area contributed by atoms with E-state index in [1.54, 1.807) is 11.8 Å². The Kier molecular flexibility index (Phi) is 5.94. The molecule has 0 spiro atoms. The molecule has 0 saturated heterocycles. The monoisotopic (exact) mass is 372 g/mol. The lowest BCUT2D eigenvalue weighted by atomic mass is 10.3. The molecular weight excluding hydrogens is 352 g/mol. The van der Waals surface area contributed by atoms with Gasteiger partial charge < -0.3 is 9.73 Å². The number of aryl methyl sites for hydroxylation is 2. The number of amides is 1. The van der Waals surface area contributed by atoms with Crippen LogP contribution in [0.25, 0.3) is 10.8 Å². The summed E-state index contributed by atoms with van der Waals surface area (Å²) in [6, 6.07) is 14.1. The topological polar surface area (TPSA) is 55.1 Å². The Morgan fingerprint density at radius 1 is 1.20 bits per heavy atom. The van der Waals surface area contributed by atoms with Crippen molar-refractivity contribution < 1.29 is 9.21 Å². The summed E-state index contributed by atoms with van der Waals surface area (Å²) in [6.07, 6.45) is 0.924. The van der Waals surface area contributed by atoms with E-state index in [1.807, 2.05) is 44.2 Å². The van der Waals surface area contributed by atoms with Crippen LogP contribution in [0, 0.1) is 13.8 Å². The lowest BCUT2D eigenvalue weighted by Crippen LogP contribution is -2.24. The zero-order chi connectivity index (χ0) is 17.6. The minimum atomic E-state index is -0.0609. The summed E-state index contributed by atoms with van der Waals surface area (Å²) >= 11 is 3.17. The van der Waals surface area contributed by atoms with Crippen LogP contribution in [-0.4, -0.2) is 23.2 Å². The summed E-state index contributed by atoms with van der Waals surface area (Å²) in [5.74, 6) is 2.46. The van der Waals surface area contributed by atoms with E-state index < -0.39 is 0 Å². The number of nitrogens with one attached hydrogen (secondary N) is 1. The van der Waals surface area contributed by atoms with Gasteiger partial charge in [-0.05, 0) is 50.3 Å². The van der Waals surface area contributed by atoms with Crippen LogP contribution in [0.2, 0.25) is 0 Å². The molecule has 0 aliphatic rings. The third kappa shape index (κ3) is 4.74. The molecule has 0 radical (unpaired) electrons. The highest BCUT2D eigenvalue weighted by atomic mass is 32.2. The SMILES string of the molecule is Cc1ccc(-c2nc(C)c(C(=O)NCCCSc3ccccc3)s2)o1. The normalized spacial score (nSPS) is 10.8. The molecule has 1 aromatic carbocycles. The summed E-state index contributed by atoms with van der Waals surface area (Å²) in [5.41, 5.74) is 0.741. The molecule has 3 rings (SSSR count). The first-order valence-corrected chi connectivity index (χ1v) is 9.94. The van der Waals surface area contributed by atoms with Gasteiger partial charge in [0.15, 0.2) is 10.8 Å². The van der Waals surface area contributed by atoms with E-state index in [9.17, 15) is 4.79 Å². The van der Waals surface area contributed by atoms with Gasteiger partial charge in [-0.15, -0.1) is 23.1 Å². The molecule has 0 aliphatic carbocycles. The first-order valence-electron chi connectivity index (χ1n) is 8.14. The first-order chi connectivity index (χ1) is 12.1. The van der Waals surface area contributed by atoms with Crippen LogP contribution in [0.4, 0.5) is 0 Å². The van der Waals surface area contributed by atoms with Crippen molar-refractivity contribution in [3.8, 4) is 10.8 Å². The van der Waals surface area contributed by atoms with Crippen LogP contribution in [0.1, 0.15) is 27.5 Å². The number of thioether (sulfide) groups is 1. The molecule has 0 aliphatic heterocycles. The van der Waals surface area contributed by atoms with E-state index in [0.717, 1.165) is 28.6 Å². The first kappa shape index (κ1) is 17.8. The number of benzene rings is 1. The lowest BCUT2D eigenvalue weighted by molar-refractivity contribution is 0.0957. The Bertz CT molecular complexity index is 840. The molecule has 1 N–H and O–H groups in total.